The van der Waals surface area contributed by atoms with Gasteiger partial charge >= 0.3 is 5.97 Å². The molecule has 0 saturated carbocycles. The zero-order valence-electron chi connectivity index (χ0n) is 15.2. The summed E-state index contributed by atoms with van der Waals surface area (Å²) < 4.78 is 26.2. The molecule has 1 heterocycles. The van der Waals surface area contributed by atoms with E-state index in [0.29, 0.717) is 25.1 Å². The molecule has 1 fully saturated rings. The summed E-state index contributed by atoms with van der Waals surface area (Å²) in [5.74, 6) is -1.90. The van der Waals surface area contributed by atoms with Crippen LogP contribution in [0.15, 0.2) is 29.2 Å². The fourth-order valence-corrected chi connectivity index (χ4v) is 4.07. The molecular formula is C17H23N3O6S. The topological polar surface area (TPSA) is 124 Å². The minimum atomic E-state index is -3.93. The van der Waals surface area contributed by atoms with Gasteiger partial charge in [-0.25, -0.2) is 13.2 Å². The van der Waals surface area contributed by atoms with E-state index in [2.05, 4.69) is 5.32 Å². The summed E-state index contributed by atoms with van der Waals surface area (Å²) in [6.45, 7) is 1.20. The maximum atomic E-state index is 12.7. The van der Waals surface area contributed by atoms with E-state index in [-0.39, 0.29) is 10.8 Å². The maximum absolute atomic E-state index is 12.7. The molecule has 9 nitrogen and oxygen atoms in total. The van der Waals surface area contributed by atoms with E-state index in [4.69, 9.17) is 0 Å². The van der Waals surface area contributed by atoms with Crippen molar-refractivity contribution in [1.82, 2.24) is 9.21 Å². The number of hydrogen-bond acceptors (Lipinski definition) is 5. The maximum Gasteiger partial charge on any atom is 0.326 e. The summed E-state index contributed by atoms with van der Waals surface area (Å²) in [6.07, 6.45) is 1.77. The highest BCUT2D eigenvalue weighted by Gasteiger charge is 2.33. The highest BCUT2D eigenvalue weighted by molar-refractivity contribution is 7.89. The van der Waals surface area contributed by atoms with Crippen molar-refractivity contribution in [3.8, 4) is 0 Å². The molecule has 2 N–H and O–H groups in total. The highest BCUT2D eigenvalue weighted by atomic mass is 32.2. The van der Waals surface area contributed by atoms with Crippen LogP contribution in [0.1, 0.15) is 26.2 Å². The largest absolute Gasteiger partial charge is 0.480 e. The lowest BCUT2D eigenvalue weighted by Gasteiger charge is -2.33. The van der Waals surface area contributed by atoms with Crippen molar-refractivity contribution in [3.05, 3.63) is 24.3 Å². The Balaban J connectivity index is 2.11. The molecule has 1 aliphatic heterocycles. The first-order valence-electron chi connectivity index (χ1n) is 8.49. The smallest absolute Gasteiger partial charge is 0.326 e. The van der Waals surface area contributed by atoms with Crippen LogP contribution in [0.4, 0.5) is 5.69 Å². The van der Waals surface area contributed by atoms with E-state index in [9.17, 15) is 27.9 Å². The van der Waals surface area contributed by atoms with Gasteiger partial charge in [-0.1, -0.05) is 0 Å². The Kier molecular flexibility index (Phi) is 6.55. The first-order chi connectivity index (χ1) is 12.6. The van der Waals surface area contributed by atoms with Crippen LogP contribution < -0.4 is 5.32 Å². The van der Waals surface area contributed by atoms with Crippen molar-refractivity contribution in [2.24, 2.45) is 0 Å². The highest BCUT2D eigenvalue weighted by Crippen LogP contribution is 2.20. The van der Waals surface area contributed by atoms with Crippen LogP contribution in [-0.4, -0.2) is 66.7 Å². The third-order valence-electron chi connectivity index (χ3n) is 4.35. The molecule has 1 atom stereocenters. The average molecular weight is 397 g/mol. The number of hydrogen-bond donors (Lipinski definition) is 2. The van der Waals surface area contributed by atoms with Gasteiger partial charge in [0.1, 0.15) is 6.04 Å². The van der Waals surface area contributed by atoms with Gasteiger partial charge in [0.15, 0.2) is 0 Å². The number of nitrogens with zero attached hydrogens (tertiary/aromatic N) is 2. The number of likely N-dealkylation sites (tertiary alicyclic amines) is 1. The Morgan fingerprint density at radius 2 is 1.85 bits per heavy atom. The molecule has 1 aromatic rings. The predicted octanol–water partition coefficient (Wildman–Crippen LogP) is 0.731. The Labute approximate surface area is 158 Å². The fraction of sp³-hybridized carbons (Fsp3) is 0.471. The van der Waals surface area contributed by atoms with E-state index < -0.39 is 34.5 Å². The molecule has 2 rings (SSSR count). The van der Waals surface area contributed by atoms with Crippen molar-refractivity contribution < 1.29 is 27.9 Å². The number of carbonyl (C=O) groups excluding carboxylic acids is 2. The molecule has 148 valence electrons. The SMILES string of the molecule is CC(=O)Nc1ccc(S(=O)(=O)N(C)CC(=O)N2CCCCC2C(=O)O)cc1. The Morgan fingerprint density at radius 3 is 2.41 bits per heavy atom. The first-order valence-corrected chi connectivity index (χ1v) is 9.93. The average Bonchev–Trinajstić information content (AvgIpc) is 2.61. The van der Waals surface area contributed by atoms with Crippen molar-refractivity contribution in [2.75, 3.05) is 25.5 Å². The van der Waals surface area contributed by atoms with Crippen LogP contribution in [0, 0.1) is 0 Å². The lowest BCUT2D eigenvalue weighted by atomic mass is 10.0. The van der Waals surface area contributed by atoms with Gasteiger partial charge in [-0.3, -0.25) is 9.59 Å². The first kappa shape index (κ1) is 20.8. The van der Waals surface area contributed by atoms with Crippen molar-refractivity contribution in [3.63, 3.8) is 0 Å². The summed E-state index contributed by atoms with van der Waals surface area (Å²) in [5.41, 5.74) is 0.456. The van der Waals surface area contributed by atoms with Gasteiger partial charge in [-0.2, -0.15) is 4.31 Å². The Bertz CT molecular complexity index is 822. The van der Waals surface area contributed by atoms with Gasteiger partial charge in [0.2, 0.25) is 21.8 Å². The van der Waals surface area contributed by atoms with Crippen LogP contribution in [0.2, 0.25) is 0 Å². The summed E-state index contributed by atoms with van der Waals surface area (Å²) in [4.78, 5) is 36.0. The number of rotatable bonds is 6. The second-order valence-electron chi connectivity index (χ2n) is 6.40. The number of carbonyl (C=O) groups is 3. The molecule has 1 saturated heterocycles. The van der Waals surface area contributed by atoms with Crippen molar-refractivity contribution in [1.29, 1.82) is 0 Å². The second kappa shape index (κ2) is 8.49. The minimum absolute atomic E-state index is 0.0275. The number of piperidine rings is 1. The fourth-order valence-electron chi connectivity index (χ4n) is 2.95. The number of anilines is 1. The minimum Gasteiger partial charge on any atom is -0.480 e. The van der Waals surface area contributed by atoms with Crippen LogP contribution in [0.25, 0.3) is 0 Å². The number of carboxylic acid groups (broad SMARTS) is 1. The van der Waals surface area contributed by atoms with Crippen LogP contribution >= 0.6 is 0 Å². The van der Waals surface area contributed by atoms with Crippen molar-refractivity contribution >= 4 is 33.5 Å². The standard InChI is InChI=1S/C17H23N3O6S/c1-12(21)18-13-6-8-14(9-7-13)27(25,26)19(2)11-16(22)20-10-4-3-5-15(20)17(23)24/h6-9,15H,3-5,10-11H2,1-2H3,(H,18,21)(H,23,24). The van der Waals surface area contributed by atoms with E-state index in [1.807, 2.05) is 0 Å². The molecular weight excluding hydrogens is 374 g/mol. The molecule has 27 heavy (non-hydrogen) atoms. The molecule has 0 spiro atoms. The number of likely N-dealkylation sites (N-methyl/N-ethyl adjacent to an activating group) is 1. The molecule has 0 aliphatic carbocycles. The van der Waals surface area contributed by atoms with Gasteiger partial charge in [-0.05, 0) is 43.5 Å². The number of nitrogens with one attached hydrogen (secondary N) is 1. The summed E-state index contributed by atoms with van der Waals surface area (Å²) >= 11 is 0. The Morgan fingerprint density at radius 1 is 1.22 bits per heavy atom. The molecule has 1 unspecified atom stereocenters. The molecule has 10 heteroatoms. The van der Waals surface area contributed by atoms with Crippen LogP contribution in [0.5, 0.6) is 0 Å². The number of amides is 2. The number of benzene rings is 1. The van der Waals surface area contributed by atoms with Gasteiger partial charge in [0, 0.05) is 26.2 Å². The lowest BCUT2D eigenvalue weighted by molar-refractivity contribution is -0.152. The lowest BCUT2D eigenvalue weighted by Crippen LogP contribution is -2.51. The van der Waals surface area contributed by atoms with E-state index in [1.54, 1.807) is 0 Å². The molecule has 1 aromatic carbocycles. The molecule has 0 bridgehead atoms. The predicted molar refractivity (Wildman–Crippen MR) is 97.5 cm³/mol. The molecule has 1 aliphatic rings. The summed E-state index contributed by atoms with van der Waals surface area (Å²) in [5, 5.41) is 11.8. The van der Waals surface area contributed by atoms with Gasteiger partial charge in [0.05, 0.1) is 11.4 Å². The normalized spacial score (nSPS) is 17.6. The van der Waals surface area contributed by atoms with Crippen molar-refractivity contribution in [2.45, 2.75) is 37.1 Å². The van der Waals surface area contributed by atoms with E-state index in [1.165, 1.54) is 43.1 Å². The van der Waals surface area contributed by atoms with Crippen LogP contribution in [0.3, 0.4) is 0 Å². The van der Waals surface area contributed by atoms with Crippen LogP contribution in [-0.2, 0) is 24.4 Å². The van der Waals surface area contributed by atoms with Gasteiger partial charge < -0.3 is 15.3 Å². The summed E-state index contributed by atoms with van der Waals surface area (Å²) in [6, 6.07) is 4.66. The van der Waals surface area contributed by atoms with Gasteiger partial charge in [0.25, 0.3) is 0 Å². The third kappa shape index (κ3) is 5.04. The number of aliphatic carboxylic acids is 1. The second-order valence-corrected chi connectivity index (χ2v) is 8.45. The van der Waals surface area contributed by atoms with Gasteiger partial charge in [-0.15, -0.1) is 0 Å². The molecule has 0 radical (unpaired) electrons. The summed E-state index contributed by atoms with van der Waals surface area (Å²) in [7, 11) is -2.66. The third-order valence-corrected chi connectivity index (χ3v) is 6.17. The zero-order chi connectivity index (χ0) is 20.2. The quantitative estimate of drug-likeness (QED) is 0.729. The Hall–Kier alpha value is -2.46. The van der Waals surface area contributed by atoms with E-state index in [0.717, 1.165) is 10.7 Å². The zero-order valence-corrected chi connectivity index (χ0v) is 16.0. The number of sulfonamides is 1. The monoisotopic (exact) mass is 397 g/mol. The van der Waals surface area contributed by atoms with E-state index >= 15 is 0 Å². The molecule has 0 aromatic heterocycles. The number of carboxylic acids is 1. The molecule has 2 amide bonds.